The number of nitrogens with one attached hydrogen (secondary N) is 1. The van der Waals surface area contributed by atoms with Crippen LogP contribution in [0.4, 0.5) is 0 Å². The number of fused-ring (bicyclic) bond motifs is 1. The van der Waals surface area contributed by atoms with Gasteiger partial charge >= 0.3 is 0 Å². The van der Waals surface area contributed by atoms with Crippen molar-refractivity contribution in [2.45, 2.75) is 19.8 Å². The van der Waals surface area contributed by atoms with Crippen LogP contribution in [-0.4, -0.2) is 51.8 Å². The SMILES string of the molecule is Cc1oc(-c2cnn(C)c2)nc1C(=O)N1CC[C@@H]2CNC[C@@H]2CC1. The average molecular weight is 329 g/mol. The predicted molar refractivity (Wildman–Crippen MR) is 88.4 cm³/mol. The molecule has 0 radical (unpaired) electrons. The van der Waals surface area contributed by atoms with E-state index in [4.69, 9.17) is 4.42 Å². The molecular formula is C17H23N5O2. The first-order valence-electron chi connectivity index (χ1n) is 8.58. The molecule has 4 rings (SSSR count). The molecule has 24 heavy (non-hydrogen) atoms. The minimum atomic E-state index is -0.0145. The lowest BCUT2D eigenvalue weighted by atomic mass is 9.92. The van der Waals surface area contributed by atoms with E-state index in [1.807, 2.05) is 18.1 Å². The standard InChI is InChI=1S/C17H23N5O2/c1-11-15(20-16(24-11)14-9-19-21(2)10-14)17(23)22-5-3-12-7-18-8-13(12)4-6-22/h9-10,12-13,18H,3-8H2,1-2H3/t12-,13+. The van der Waals surface area contributed by atoms with Crippen molar-refractivity contribution >= 4 is 5.91 Å². The zero-order chi connectivity index (χ0) is 16.7. The van der Waals surface area contributed by atoms with E-state index in [0.717, 1.165) is 44.6 Å². The number of aromatic nitrogens is 3. The monoisotopic (exact) mass is 329 g/mol. The molecule has 0 aliphatic carbocycles. The first-order valence-corrected chi connectivity index (χ1v) is 8.58. The third-order valence-electron chi connectivity index (χ3n) is 5.26. The highest BCUT2D eigenvalue weighted by molar-refractivity contribution is 5.93. The minimum absolute atomic E-state index is 0.0145. The summed E-state index contributed by atoms with van der Waals surface area (Å²) in [5.41, 5.74) is 1.22. The van der Waals surface area contributed by atoms with Gasteiger partial charge < -0.3 is 14.6 Å². The van der Waals surface area contributed by atoms with Crippen LogP contribution in [0.5, 0.6) is 0 Å². The van der Waals surface area contributed by atoms with Crippen molar-refractivity contribution < 1.29 is 9.21 Å². The van der Waals surface area contributed by atoms with Crippen LogP contribution in [0.1, 0.15) is 29.1 Å². The number of hydrogen-bond donors (Lipinski definition) is 1. The number of carbonyl (C=O) groups excluding carboxylic acids is 1. The summed E-state index contributed by atoms with van der Waals surface area (Å²) >= 11 is 0. The Labute approximate surface area is 141 Å². The van der Waals surface area contributed by atoms with Crippen LogP contribution in [0, 0.1) is 18.8 Å². The highest BCUT2D eigenvalue weighted by Gasteiger charge is 2.33. The molecule has 1 N–H and O–H groups in total. The molecule has 1 amide bonds. The summed E-state index contributed by atoms with van der Waals surface area (Å²) in [6.07, 6.45) is 5.66. The van der Waals surface area contributed by atoms with E-state index < -0.39 is 0 Å². The molecule has 0 aromatic carbocycles. The second-order valence-electron chi connectivity index (χ2n) is 6.87. The Morgan fingerprint density at radius 2 is 2.00 bits per heavy atom. The summed E-state index contributed by atoms with van der Waals surface area (Å²) in [6.45, 7) is 5.57. The molecule has 2 aliphatic heterocycles. The Kier molecular flexibility index (Phi) is 3.88. The van der Waals surface area contributed by atoms with Gasteiger partial charge in [-0.2, -0.15) is 5.10 Å². The molecule has 7 heteroatoms. The molecule has 2 saturated heterocycles. The molecule has 4 heterocycles. The van der Waals surface area contributed by atoms with Crippen LogP contribution < -0.4 is 5.32 Å². The number of hydrogen-bond acceptors (Lipinski definition) is 5. The van der Waals surface area contributed by atoms with Crippen LogP contribution in [0.2, 0.25) is 0 Å². The maximum atomic E-state index is 12.9. The van der Waals surface area contributed by atoms with Crippen molar-refractivity contribution in [3.8, 4) is 11.5 Å². The second kappa shape index (κ2) is 6.05. The van der Waals surface area contributed by atoms with Crippen LogP contribution in [-0.2, 0) is 7.05 Å². The van der Waals surface area contributed by atoms with E-state index in [1.54, 1.807) is 17.8 Å². The number of rotatable bonds is 2. The van der Waals surface area contributed by atoms with Crippen molar-refractivity contribution in [3.05, 3.63) is 23.8 Å². The third kappa shape index (κ3) is 2.73. The summed E-state index contributed by atoms with van der Waals surface area (Å²) in [5.74, 6) is 2.42. The molecular weight excluding hydrogens is 306 g/mol. The molecule has 2 fully saturated rings. The predicted octanol–water partition coefficient (Wildman–Crippen LogP) is 1.46. The van der Waals surface area contributed by atoms with Gasteiger partial charge in [0, 0.05) is 26.3 Å². The summed E-state index contributed by atoms with van der Waals surface area (Å²) in [5, 5.41) is 7.59. The first-order chi connectivity index (χ1) is 11.6. The zero-order valence-corrected chi connectivity index (χ0v) is 14.2. The lowest BCUT2D eigenvalue weighted by Gasteiger charge is -2.19. The first kappa shape index (κ1) is 15.4. The molecule has 0 spiro atoms. The van der Waals surface area contributed by atoms with E-state index in [1.165, 1.54) is 0 Å². The Morgan fingerprint density at radius 3 is 2.62 bits per heavy atom. The summed E-state index contributed by atoms with van der Waals surface area (Å²) in [6, 6.07) is 0. The largest absolute Gasteiger partial charge is 0.440 e. The van der Waals surface area contributed by atoms with E-state index in [9.17, 15) is 4.79 Å². The van der Waals surface area contributed by atoms with Crippen molar-refractivity contribution in [2.24, 2.45) is 18.9 Å². The number of carbonyl (C=O) groups is 1. The molecule has 2 aliphatic rings. The van der Waals surface area contributed by atoms with Gasteiger partial charge in [-0.15, -0.1) is 0 Å². The topological polar surface area (TPSA) is 76.2 Å². The lowest BCUT2D eigenvalue weighted by Crippen LogP contribution is -2.33. The number of nitrogens with zero attached hydrogens (tertiary/aromatic N) is 4. The quantitative estimate of drug-likeness (QED) is 0.902. The van der Waals surface area contributed by atoms with Crippen LogP contribution in [0.3, 0.4) is 0 Å². The zero-order valence-electron chi connectivity index (χ0n) is 14.2. The third-order valence-corrected chi connectivity index (χ3v) is 5.26. The van der Waals surface area contributed by atoms with Gasteiger partial charge in [-0.3, -0.25) is 9.48 Å². The smallest absolute Gasteiger partial charge is 0.276 e. The van der Waals surface area contributed by atoms with Crippen molar-refractivity contribution in [1.29, 1.82) is 0 Å². The maximum absolute atomic E-state index is 12.9. The van der Waals surface area contributed by atoms with E-state index in [2.05, 4.69) is 15.4 Å². The average Bonchev–Trinajstić information content (AvgIpc) is 3.25. The van der Waals surface area contributed by atoms with Gasteiger partial charge in [0.25, 0.3) is 5.91 Å². The fraction of sp³-hybridized carbons (Fsp3) is 0.588. The fourth-order valence-electron chi connectivity index (χ4n) is 3.82. The van der Waals surface area contributed by atoms with Gasteiger partial charge in [0.1, 0.15) is 5.76 Å². The number of oxazole rings is 1. The van der Waals surface area contributed by atoms with Crippen molar-refractivity contribution in [1.82, 2.24) is 25.0 Å². The molecule has 2 atom stereocenters. The molecule has 0 unspecified atom stereocenters. The molecule has 128 valence electrons. The number of amides is 1. The Hall–Kier alpha value is -2.15. The van der Waals surface area contributed by atoms with Crippen molar-refractivity contribution in [3.63, 3.8) is 0 Å². The van der Waals surface area contributed by atoms with Gasteiger partial charge in [0.15, 0.2) is 5.69 Å². The second-order valence-corrected chi connectivity index (χ2v) is 6.87. The van der Waals surface area contributed by atoms with Gasteiger partial charge in [-0.05, 0) is 44.7 Å². The summed E-state index contributed by atoms with van der Waals surface area (Å²) < 4.78 is 7.40. The molecule has 0 saturated carbocycles. The normalized spacial score (nSPS) is 24.0. The lowest BCUT2D eigenvalue weighted by molar-refractivity contribution is 0.0751. The summed E-state index contributed by atoms with van der Waals surface area (Å²) in [4.78, 5) is 19.3. The molecule has 2 aromatic rings. The van der Waals surface area contributed by atoms with Gasteiger partial charge in [-0.25, -0.2) is 4.98 Å². The molecule has 0 bridgehead atoms. The van der Waals surface area contributed by atoms with E-state index in [-0.39, 0.29) is 5.91 Å². The number of likely N-dealkylation sites (tertiary alicyclic amines) is 1. The Balaban J connectivity index is 1.53. The van der Waals surface area contributed by atoms with Gasteiger partial charge in [0.05, 0.1) is 11.8 Å². The molecule has 2 aromatic heterocycles. The fourth-order valence-corrected chi connectivity index (χ4v) is 3.82. The minimum Gasteiger partial charge on any atom is -0.440 e. The van der Waals surface area contributed by atoms with Gasteiger partial charge in [-0.1, -0.05) is 0 Å². The molecule has 7 nitrogen and oxygen atoms in total. The van der Waals surface area contributed by atoms with Crippen LogP contribution in [0.15, 0.2) is 16.8 Å². The van der Waals surface area contributed by atoms with Crippen LogP contribution in [0.25, 0.3) is 11.5 Å². The van der Waals surface area contributed by atoms with E-state index in [0.29, 0.717) is 29.2 Å². The van der Waals surface area contributed by atoms with E-state index >= 15 is 0 Å². The van der Waals surface area contributed by atoms with Crippen molar-refractivity contribution in [2.75, 3.05) is 26.2 Å². The Morgan fingerprint density at radius 1 is 1.29 bits per heavy atom. The summed E-state index contributed by atoms with van der Waals surface area (Å²) in [7, 11) is 1.84. The van der Waals surface area contributed by atoms with Crippen LogP contribution >= 0.6 is 0 Å². The Bertz CT molecular complexity index is 736. The maximum Gasteiger partial charge on any atom is 0.276 e. The highest BCUT2D eigenvalue weighted by atomic mass is 16.4. The number of aryl methyl sites for hydroxylation is 2. The highest BCUT2D eigenvalue weighted by Crippen LogP contribution is 2.28. The van der Waals surface area contributed by atoms with Gasteiger partial charge in [0.2, 0.25) is 5.89 Å².